The van der Waals surface area contributed by atoms with E-state index in [1.807, 2.05) is 40.7 Å². The van der Waals surface area contributed by atoms with E-state index in [0.717, 1.165) is 44.1 Å². The second kappa shape index (κ2) is 10.7. The lowest BCUT2D eigenvalue weighted by molar-refractivity contribution is -0.140. The van der Waals surface area contributed by atoms with Crippen LogP contribution in [0.5, 0.6) is 0 Å². The lowest BCUT2D eigenvalue weighted by atomic mass is 9.98. The van der Waals surface area contributed by atoms with E-state index in [4.69, 9.17) is 9.47 Å². The minimum atomic E-state index is -3.86. The molecule has 0 saturated heterocycles. The molecule has 0 fully saturated rings. The zero-order valence-corrected chi connectivity index (χ0v) is 22.2. The summed E-state index contributed by atoms with van der Waals surface area (Å²) in [5.74, 6) is -0.314. The van der Waals surface area contributed by atoms with Crippen LogP contribution in [0.25, 0.3) is 21.8 Å². The van der Waals surface area contributed by atoms with E-state index >= 15 is 0 Å². The van der Waals surface area contributed by atoms with E-state index in [1.54, 1.807) is 30.3 Å². The zero-order valence-electron chi connectivity index (χ0n) is 21.4. The van der Waals surface area contributed by atoms with Crippen molar-refractivity contribution in [2.75, 3.05) is 19.8 Å². The maximum Gasteiger partial charge on any atom is 0.243 e. The number of hydrogen-bond acceptors (Lipinski definition) is 4. The van der Waals surface area contributed by atoms with Gasteiger partial charge in [-0.3, -0.25) is 0 Å². The van der Waals surface area contributed by atoms with Crippen LogP contribution in [0.4, 0.5) is 4.39 Å². The molecule has 1 N–H and O–H groups in total. The fourth-order valence-corrected chi connectivity index (χ4v) is 6.01. The summed E-state index contributed by atoms with van der Waals surface area (Å²) in [7, 11) is -3.86. The lowest BCUT2D eigenvalue weighted by Gasteiger charge is -2.28. The number of ether oxygens (including phenoxy) is 2. The number of aromatic amines is 1. The van der Waals surface area contributed by atoms with Gasteiger partial charge >= 0.3 is 0 Å². The Hall–Kier alpha value is -2.78. The van der Waals surface area contributed by atoms with Crippen LogP contribution < -0.4 is 0 Å². The molecule has 1 aromatic heterocycles. The van der Waals surface area contributed by atoms with E-state index in [1.165, 1.54) is 16.4 Å². The second-order valence-corrected chi connectivity index (χ2v) is 10.9. The highest BCUT2D eigenvalue weighted by molar-refractivity contribution is 7.89. The number of hydrogen-bond donors (Lipinski definition) is 1. The van der Waals surface area contributed by atoms with Crippen molar-refractivity contribution in [3.63, 3.8) is 0 Å². The molecule has 0 spiro atoms. The van der Waals surface area contributed by atoms with Gasteiger partial charge in [0.2, 0.25) is 10.0 Å². The van der Waals surface area contributed by atoms with Crippen LogP contribution in [0, 0.1) is 26.6 Å². The smallest absolute Gasteiger partial charge is 0.243 e. The standard InChI is InChI=1S/C28H33FN2O4S/c1-6-34-26(35-7-2)17-31(36(32,33)23-11-8-18(3)9-12-23)16-21-14-19(4)28-27(20(21)5)24-15-22(29)10-13-25(24)30-28/h8-15,26,30H,6-7,16-17H2,1-5H3. The monoisotopic (exact) mass is 512 g/mol. The van der Waals surface area contributed by atoms with Gasteiger partial charge in [0, 0.05) is 41.6 Å². The van der Waals surface area contributed by atoms with Crippen molar-refractivity contribution in [3.05, 3.63) is 76.6 Å². The average Bonchev–Trinajstić information content (AvgIpc) is 3.22. The minimum Gasteiger partial charge on any atom is -0.354 e. The Labute approximate surface area is 212 Å². The van der Waals surface area contributed by atoms with Crippen molar-refractivity contribution in [3.8, 4) is 0 Å². The molecular formula is C28H33FN2O4S. The molecule has 0 unspecified atom stereocenters. The van der Waals surface area contributed by atoms with Crippen LogP contribution in [0.15, 0.2) is 53.4 Å². The van der Waals surface area contributed by atoms with Crippen LogP contribution in [-0.2, 0) is 26.0 Å². The Bertz CT molecular complexity index is 1470. The maximum absolute atomic E-state index is 14.1. The second-order valence-electron chi connectivity index (χ2n) is 8.99. The molecule has 192 valence electrons. The first-order valence-corrected chi connectivity index (χ1v) is 13.6. The largest absolute Gasteiger partial charge is 0.354 e. The third kappa shape index (κ3) is 5.18. The van der Waals surface area contributed by atoms with E-state index in [9.17, 15) is 12.8 Å². The molecule has 0 saturated carbocycles. The van der Waals surface area contributed by atoms with Gasteiger partial charge in [-0.15, -0.1) is 0 Å². The zero-order chi connectivity index (χ0) is 26.0. The molecule has 0 aliphatic rings. The Morgan fingerprint density at radius 2 is 1.64 bits per heavy atom. The quantitative estimate of drug-likeness (QED) is 0.266. The summed E-state index contributed by atoms with van der Waals surface area (Å²) in [5.41, 5.74) is 5.44. The Balaban J connectivity index is 1.83. The molecule has 0 bridgehead atoms. The summed E-state index contributed by atoms with van der Waals surface area (Å²) < 4.78 is 54.6. The molecule has 8 heteroatoms. The molecule has 3 aromatic carbocycles. The van der Waals surface area contributed by atoms with Crippen LogP contribution in [0.2, 0.25) is 0 Å². The van der Waals surface area contributed by atoms with Crippen molar-refractivity contribution < 1.29 is 22.3 Å². The van der Waals surface area contributed by atoms with E-state index in [0.29, 0.717) is 13.2 Å². The number of aromatic nitrogens is 1. The summed E-state index contributed by atoms with van der Waals surface area (Å²) in [6.45, 7) is 10.5. The predicted molar refractivity (Wildman–Crippen MR) is 141 cm³/mol. The first kappa shape index (κ1) is 26.3. The fraction of sp³-hybridized carbons (Fsp3) is 0.357. The number of fused-ring (bicyclic) bond motifs is 3. The van der Waals surface area contributed by atoms with E-state index in [2.05, 4.69) is 4.98 Å². The molecule has 0 atom stereocenters. The van der Waals surface area contributed by atoms with Crippen molar-refractivity contribution in [2.24, 2.45) is 0 Å². The molecular weight excluding hydrogens is 479 g/mol. The number of aryl methyl sites for hydroxylation is 3. The molecule has 4 rings (SSSR count). The van der Waals surface area contributed by atoms with E-state index in [-0.39, 0.29) is 23.8 Å². The van der Waals surface area contributed by atoms with Crippen LogP contribution >= 0.6 is 0 Å². The Kier molecular flexibility index (Phi) is 7.80. The van der Waals surface area contributed by atoms with Gasteiger partial charge in [-0.25, -0.2) is 12.8 Å². The summed E-state index contributed by atoms with van der Waals surface area (Å²) in [6, 6.07) is 13.5. The highest BCUT2D eigenvalue weighted by atomic mass is 32.2. The van der Waals surface area contributed by atoms with Crippen molar-refractivity contribution >= 4 is 31.8 Å². The highest BCUT2D eigenvalue weighted by Gasteiger charge is 2.29. The summed E-state index contributed by atoms with van der Waals surface area (Å²) >= 11 is 0. The lowest BCUT2D eigenvalue weighted by Crippen LogP contribution is -2.39. The molecule has 36 heavy (non-hydrogen) atoms. The SMILES string of the molecule is CCOC(CN(Cc1cc(C)c2[nH]c3ccc(F)cc3c2c1C)S(=O)(=O)c1ccc(C)cc1)OCC. The Morgan fingerprint density at radius 3 is 2.28 bits per heavy atom. The van der Waals surface area contributed by atoms with Crippen molar-refractivity contribution in [2.45, 2.75) is 52.3 Å². The van der Waals surface area contributed by atoms with Gasteiger partial charge in [0.05, 0.1) is 11.4 Å². The number of nitrogens with one attached hydrogen (secondary N) is 1. The molecule has 0 aliphatic carbocycles. The maximum atomic E-state index is 14.1. The number of nitrogens with zero attached hydrogens (tertiary/aromatic N) is 1. The Morgan fingerprint density at radius 1 is 0.972 bits per heavy atom. The first-order valence-electron chi connectivity index (χ1n) is 12.2. The normalized spacial score (nSPS) is 12.4. The van der Waals surface area contributed by atoms with Gasteiger partial charge in [-0.05, 0) is 81.6 Å². The topological polar surface area (TPSA) is 71.6 Å². The molecule has 1 heterocycles. The predicted octanol–water partition coefficient (Wildman–Crippen LogP) is 5.98. The molecule has 0 radical (unpaired) electrons. The summed E-state index contributed by atoms with van der Waals surface area (Å²) in [6.07, 6.45) is -0.701. The number of sulfonamides is 1. The number of H-pyrrole nitrogens is 1. The van der Waals surface area contributed by atoms with Gasteiger partial charge in [0.25, 0.3) is 0 Å². The average molecular weight is 513 g/mol. The number of halogens is 1. The number of rotatable bonds is 10. The number of benzene rings is 3. The summed E-state index contributed by atoms with van der Waals surface area (Å²) in [5, 5.41) is 1.68. The third-order valence-corrected chi connectivity index (χ3v) is 8.29. The van der Waals surface area contributed by atoms with Gasteiger partial charge < -0.3 is 14.5 Å². The molecule has 0 amide bonds. The van der Waals surface area contributed by atoms with Crippen LogP contribution in [0.1, 0.15) is 36.1 Å². The first-order chi connectivity index (χ1) is 17.1. The fourth-order valence-electron chi connectivity index (χ4n) is 4.60. The molecule has 6 nitrogen and oxygen atoms in total. The van der Waals surface area contributed by atoms with Crippen molar-refractivity contribution in [1.29, 1.82) is 0 Å². The highest BCUT2D eigenvalue weighted by Crippen LogP contribution is 2.34. The van der Waals surface area contributed by atoms with Crippen LogP contribution in [0.3, 0.4) is 0 Å². The van der Waals surface area contributed by atoms with Gasteiger partial charge in [0.15, 0.2) is 6.29 Å². The summed E-state index contributed by atoms with van der Waals surface area (Å²) in [4.78, 5) is 3.60. The molecule has 4 aromatic rings. The van der Waals surface area contributed by atoms with Crippen molar-refractivity contribution in [1.82, 2.24) is 9.29 Å². The minimum absolute atomic E-state index is 0.0386. The van der Waals surface area contributed by atoms with Gasteiger partial charge in [-0.2, -0.15) is 4.31 Å². The van der Waals surface area contributed by atoms with Crippen LogP contribution in [-0.4, -0.2) is 43.8 Å². The molecule has 0 aliphatic heterocycles. The third-order valence-electron chi connectivity index (χ3n) is 6.47. The van der Waals surface area contributed by atoms with Gasteiger partial charge in [0.1, 0.15) is 5.82 Å². The van der Waals surface area contributed by atoms with Gasteiger partial charge in [-0.1, -0.05) is 23.8 Å². The van der Waals surface area contributed by atoms with E-state index < -0.39 is 16.3 Å².